The monoisotopic (exact) mass is 221 g/mol. The highest BCUT2D eigenvalue weighted by Crippen LogP contribution is 2.48. The largest absolute Gasteiger partial charge is 0.508 e. The van der Waals surface area contributed by atoms with Crippen LogP contribution < -0.4 is 0 Å². The minimum absolute atomic E-state index is 0.0191. The molecule has 0 aliphatic heterocycles. The molecule has 88 valence electrons. The van der Waals surface area contributed by atoms with Gasteiger partial charge in [0.05, 0.1) is 6.61 Å². The topological polar surface area (TPSA) is 43.7 Å². The lowest BCUT2D eigenvalue weighted by atomic mass is 9.95. The van der Waals surface area contributed by atoms with Crippen molar-refractivity contribution in [2.24, 2.45) is 0 Å². The van der Waals surface area contributed by atoms with Crippen molar-refractivity contribution < 1.29 is 10.2 Å². The summed E-state index contributed by atoms with van der Waals surface area (Å²) >= 11 is 0. The third-order valence-electron chi connectivity index (χ3n) is 3.33. The number of hydrogen-bond donors (Lipinski definition) is 2. The summed E-state index contributed by atoms with van der Waals surface area (Å²) in [7, 11) is 3.95. The zero-order valence-corrected chi connectivity index (χ0v) is 9.90. The fraction of sp³-hybridized carbons (Fsp3) is 0.538. The lowest BCUT2D eigenvalue weighted by Gasteiger charge is -2.16. The van der Waals surface area contributed by atoms with Crippen molar-refractivity contribution >= 4 is 0 Å². The summed E-state index contributed by atoms with van der Waals surface area (Å²) in [5.41, 5.74) is 2.07. The predicted molar refractivity (Wildman–Crippen MR) is 63.5 cm³/mol. The molecule has 0 bridgehead atoms. The van der Waals surface area contributed by atoms with Gasteiger partial charge in [-0.15, -0.1) is 0 Å². The molecule has 0 spiro atoms. The van der Waals surface area contributed by atoms with Crippen LogP contribution in [0.15, 0.2) is 18.2 Å². The minimum Gasteiger partial charge on any atom is -0.508 e. The molecule has 1 aliphatic rings. The van der Waals surface area contributed by atoms with Crippen molar-refractivity contribution in [1.29, 1.82) is 0 Å². The lowest BCUT2D eigenvalue weighted by Crippen LogP contribution is -2.14. The van der Waals surface area contributed by atoms with Crippen LogP contribution in [0.25, 0.3) is 0 Å². The highest BCUT2D eigenvalue weighted by Gasteiger charge is 2.43. The molecule has 1 aromatic carbocycles. The Balaban J connectivity index is 2.28. The molecule has 0 unspecified atom stereocenters. The average Bonchev–Trinajstić information content (AvgIpc) is 3.01. The van der Waals surface area contributed by atoms with E-state index in [1.807, 2.05) is 31.1 Å². The summed E-state index contributed by atoms with van der Waals surface area (Å²) < 4.78 is 0. The number of hydrogen-bond acceptors (Lipinski definition) is 3. The molecule has 3 nitrogen and oxygen atoms in total. The Morgan fingerprint density at radius 2 is 2.00 bits per heavy atom. The van der Waals surface area contributed by atoms with E-state index in [1.165, 1.54) is 0 Å². The summed E-state index contributed by atoms with van der Waals surface area (Å²) in [4.78, 5) is 2.03. The first-order valence-corrected chi connectivity index (χ1v) is 5.65. The van der Waals surface area contributed by atoms with Crippen LogP contribution in [0.3, 0.4) is 0 Å². The van der Waals surface area contributed by atoms with Crippen LogP contribution in [0.2, 0.25) is 0 Å². The van der Waals surface area contributed by atoms with E-state index in [-0.39, 0.29) is 12.0 Å². The van der Waals surface area contributed by atoms with Crippen LogP contribution in [0.4, 0.5) is 0 Å². The molecular formula is C13H19NO2. The molecule has 1 fully saturated rings. The molecule has 3 heteroatoms. The molecule has 0 atom stereocenters. The molecule has 0 aromatic heterocycles. The number of aliphatic hydroxyl groups excluding tert-OH is 1. The number of nitrogens with zero attached hydrogens (tertiary/aromatic N) is 1. The fourth-order valence-corrected chi connectivity index (χ4v) is 2.07. The summed E-state index contributed by atoms with van der Waals surface area (Å²) in [6.45, 7) is 0.931. The highest BCUT2D eigenvalue weighted by atomic mass is 16.3. The average molecular weight is 221 g/mol. The van der Waals surface area contributed by atoms with E-state index in [0.717, 1.165) is 30.5 Å². The maximum Gasteiger partial charge on any atom is 0.120 e. The van der Waals surface area contributed by atoms with E-state index in [4.69, 9.17) is 0 Å². The van der Waals surface area contributed by atoms with Crippen molar-refractivity contribution in [3.8, 4) is 5.75 Å². The van der Waals surface area contributed by atoms with Gasteiger partial charge < -0.3 is 15.1 Å². The molecule has 1 aromatic rings. The van der Waals surface area contributed by atoms with E-state index in [1.54, 1.807) is 6.07 Å². The molecule has 1 aliphatic carbocycles. The smallest absolute Gasteiger partial charge is 0.120 e. The Bertz CT molecular complexity index is 384. The van der Waals surface area contributed by atoms with Crippen molar-refractivity contribution in [3.63, 3.8) is 0 Å². The number of aromatic hydroxyl groups is 1. The second-order valence-electron chi connectivity index (χ2n) is 5.02. The van der Waals surface area contributed by atoms with Gasteiger partial charge >= 0.3 is 0 Å². The van der Waals surface area contributed by atoms with Gasteiger partial charge in [0.2, 0.25) is 0 Å². The van der Waals surface area contributed by atoms with Crippen molar-refractivity contribution in [2.75, 3.05) is 20.7 Å². The van der Waals surface area contributed by atoms with Gasteiger partial charge in [-0.1, -0.05) is 12.1 Å². The number of rotatable bonds is 4. The Morgan fingerprint density at radius 1 is 1.31 bits per heavy atom. The van der Waals surface area contributed by atoms with Crippen LogP contribution in [0.5, 0.6) is 5.75 Å². The van der Waals surface area contributed by atoms with Gasteiger partial charge in [0.25, 0.3) is 0 Å². The molecule has 0 radical (unpaired) electrons. The van der Waals surface area contributed by atoms with Crippen molar-refractivity contribution in [2.45, 2.75) is 24.8 Å². The summed E-state index contributed by atoms with van der Waals surface area (Å²) in [5, 5.41) is 19.1. The van der Waals surface area contributed by atoms with Crippen LogP contribution in [-0.2, 0) is 12.0 Å². The standard InChI is InChI=1S/C13H19NO2/c1-14(2)8-10-7-11(3-4-12(10)16)13(9-15)5-6-13/h3-4,7,15-16H,5-6,8-9H2,1-2H3. The Hall–Kier alpha value is -1.06. The second-order valence-corrected chi connectivity index (χ2v) is 5.02. The third kappa shape index (κ3) is 2.06. The van der Waals surface area contributed by atoms with Gasteiger partial charge in [-0.3, -0.25) is 0 Å². The normalized spacial score (nSPS) is 17.8. The molecule has 0 heterocycles. The molecular weight excluding hydrogens is 202 g/mol. The fourth-order valence-electron chi connectivity index (χ4n) is 2.07. The minimum atomic E-state index is -0.0191. The third-order valence-corrected chi connectivity index (χ3v) is 3.33. The first-order chi connectivity index (χ1) is 7.57. The van der Waals surface area contributed by atoms with E-state index in [2.05, 4.69) is 0 Å². The quantitative estimate of drug-likeness (QED) is 0.809. The van der Waals surface area contributed by atoms with Gasteiger partial charge in [0.15, 0.2) is 0 Å². The van der Waals surface area contributed by atoms with Gasteiger partial charge in [-0.2, -0.15) is 0 Å². The number of phenols is 1. The van der Waals surface area contributed by atoms with Crippen molar-refractivity contribution in [3.05, 3.63) is 29.3 Å². The van der Waals surface area contributed by atoms with Crippen molar-refractivity contribution in [1.82, 2.24) is 4.90 Å². The Morgan fingerprint density at radius 3 is 2.50 bits per heavy atom. The van der Waals surface area contributed by atoms with E-state index >= 15 is 0 Å². The van der Waals surface area contributed by atoms with E-state index < -0.39 is 0 Å². The molecule has 0 amide bonds. The van der Waals surface area contributed by atoms with Crippen LogP contribution in [0.1, 0.15) is 24.0 Å². The summed E-state index contributed by atoms with van der Waals surface area (Å²) in [5.74, 6) is 0.339. The Labute approximate surface area is 96.3 Å². The Kier molecular flexibility index (Phi) is 2.91. The number of aliphatic hydroxyl groups is 1. The van der Waals surface area contributed by atoms with Gasteiger partial charge in [-0.25, -0.2) is 0 Å². The van der Waals surface area contributed by atoms with E-state index in [0.29, 0.717) is 5.75 Å². The second kappa shape index (κ2) is 4.07. The number of benzene rings is 1. The van der Waals surface area contributed by atoms with Gasteiger partial charge in [0.1, 0.15) is 5.75 Å². The predicted octanol–water partition coefficient (Wildman–Crippen LogP) is 1.48. The van der Waals surface area contributed by atoms with Gasteiger partial charge in [0, 0.05) is 17.5 Å². The van der Waals surface area contributed by atoms with Gasteiger partial charge in [-0.05, 0) is 38.6 Å². The first kappa shape index (κ1) is 11.4. The molecule has 2 rings (SSSR count). The molecule has 1 saturated carbocycles. The van der Waals surface area contributed by atoms with Crippen LogP contribution >= 0.6 is 0 Å². The summed E-state index contributed by atoms with van der Waals surface area (Å²) in [6, 6.07) is 5.69. The number of phenolic OH excluding ortho intramolecular Hbond substituents is 1. The highest BCUT2D eigenvalue weighted by molar-refractivity contribution is 5.41. The molecule has 0 saturated heterocycles. The maximum absolute atomic E-state index is 9.75. The van der Waals surface area contributed by atoms with Crippen LogP contribution in [-0.4, -0.2) is 35.8 Å². The zero-order valence-electron chi connectivity index (χ0n) is 9.90. The lowest BCUT2D eigenvalue weighted by molar-refractivity contribution is 0.255. The molecule has 2 N–H and O–H groups in total. The van der Waals surface area contributed by atoms with E-state index in [9.17, 15) is 10.2 Å². The first-order valence-electron chi connectivity index (χ1n) is 5.65. The SMILES string of the molecule is CN(C)Cc1cc(C2(CO)CC2)ccc1O. The zero-order chi connectivity index (χ0) is 11.8. The summed E-state index contributed by atoms with van der Waals surface area (Å²) in [6.07, 6.45) is 2.10. The maximum atomic E-state index is 9.75. The molecule has 16 heavy (non-hydrogen) atoms. The van der Waals surface area contributed by atoms with Crippen LogP contribution in [0, 0.1) is 0 Å².